The minimum Gasteiger partial charge on any atom is -0.414 e. The molecule has 0 amide bonds. The SMILES string of the molecule is CO/N=C1\C=C2CC[C@H]3[C@@H]4CC[C@H](O[Si](C)(C)C)[C@@]4(C)CC[C@@H]3[C@@]2(/C=N/OC)CC1. The molecule has 0 aliphatic heterocycles. The van der Waals surface area contributed by atoms with Crippen molar-refractivity contribution in [2.75, 3.05) is 14.2 Å². The Morgan fingerprint density at radius 2 is 1.80 bits per heavy atom. The van der Waals surface area contributed by atoms with Crippen LogP contribution in [0.25, 0.3) is 0 Å². The fourth-order valence-electron chi connectivity index (χ4n) is 7.43. The van der Waals surface area contributed by atoms with Crippen LogP contribution in [0.2, 0.25) is 19.6 Å². The van der Waals surface area contributed by atoms with Crippen LogP contribution in [0, 0.1) is 28.6 Å². The molecule has 0 radical (unpaired) electrons. The second-order valence-corrected chi connectivity index (χ2v) is 15.6. The van der Waals surface area contributed by atoms with Crippen LogP contribution in [0.3, 0.4) is 0 Å². The second-order valence-electron chi connectivity index (χ2n) is 11.1. The Bertz CT molecular complexity index is 743. The highest BCUT2D eigenvalue weighted by atomic mass is 28.4. The number of oxime groups is 2. The highest BCUT2D eigenvalue weighted by molar-refractivity contribution is 6.69. The van der Waals surface area contributed by atoms with E-state index in [4.69, 9.17) is 14.1 Å². The van der Waals surface area contributed by atoms with Crippen molar-refractivity contribution in [1.82, 2.24) is 0 Å². The maximum absolute atomic E-state index is 6.74. The molecule has 0 unspecified atom stereocenters. The fraction of sp³-hybridized carbons (Fsp3) is 0.833. The van der Waals surface area contributed by atoms with Gasteiger partial charge in [-0.25, -0.2) is 0 Å². The molecular formula is C24H40N2O3Si. The predicted molar refractivity (Wildman–Crippen MR) is 124 cm³/mol. The highest BCUT2D eigenvalue weighted by Gasteiger charge is 2.60. The van der Waals surface area contributed by atoms with Gasteiger partial charge in [0.05, 0.1) is 18.0 Å². The van der Waals surface area contributed by atoms with E-state index < -0.39 is 8.32 Å². The fourth-order valence-corrected chi connectivity index (χ4v) is 8.68. The lowest BCUT2D eigenvalue weighted by Crippen LogP contribution is -2.53. The topological polar surface area (TPSA) is 52.4 Å². The first-order valence-electron chi connectivity index (χ1n) is 11.8. The molecule has 0 aromatic rings. The van der Waals surface area contributed by atoms with Crippen LogP contribution >= 0.6 is 0 Å². The molecule has 3 fully saturated rings. The largest absolute Gasteiger partial charge is 0.414 e. The summed E-state index contributed by atoms with van der Waals surface area (Å²) in [4.78, 5) is 10.3. The summed E-state index contributed by atoms with van der Waals surface area (Å²) in [6.07, 6.45) is 14.4. The van der Waals surface area contributed by atoms with Crippen LogP contribution < -0.4 is 0 Å². The molecule has 4 aliphatic rings. The standard InChI is InChI=1S/C24H40N2O3Si/c1-23-13-12-21-19(20(23)9-10-22(23)29-30(4,5)6)8-7-17-15-18(26-28-3)11-14-24(17,21)16-25-27-2/h15-16,19-22H,7-14H2,1-6H3/b25-16+,26-18-/t19-,20-,21-,22-,23-,24+/m0/s1. The molecule has 0 heterocycles. The first kappa shape index (κ1) is 22.1. The molecule has 0 spiro atoms. The summed E-state index contributed by atoms with van der Waals surface area (Å²) < 4.78 is 6.74. The maximum atomic E-state index is 6.74. The van der Waals surface area contributed by atoms with Gasteiger partial charge < -0.3 is 14.1 Å². The van der Waals surface area contributed by atoms with Crippen LogP contribution in [-0.4, -0.2) is 40.6 Å². The molecule has 0 aromatic heterocycles. The molecule has 30 heavy (non-hydrogen) atoms. The molecule has 3 saturated carbocycles. The van der Waals surface area contributed by atoms with Gasteiger partial charge in [0.25, 0.3) is 0 Å². The summed E-state index contributed by atoms with van der Waals surface area (Å²) in [5.74, 6) is 2.16. The first-order chi connectivity index (χ1) is 14.2. The number of nitrogens with zero attached hydrogens (tertiary/aromatic N) is 2. The Balaban J connectivity index is 1.65. The molecular weight excluding hydrogens is 392 g/mol. The summed E-state index contributed by atoms with van der Waals surface area (Å²) in [6.45, 7) is 9.55. The number of fused-ring (bicyclic) bond motifs is 5. The smallest absolute Gasteiger partial charge is 0.184 e. The summed E-state index contributed by atoms with van der Waals surface area (Å²) in [5.41, 5.74) is 2.91. The van der Waals surface area contributed by atoms with Crippen molar-refractivity contribution in [3.05, 3.63) is 11.6 Å². The second kappa shape index (κ2) is 8.08. The van der Waals surface area contributed by atoms with Crippen molar-refractivity contribution >= 4 is 20.2 Å². The van der Waals surface area contributed by atoms with E-state index in [0.29, 0.717) is 17.4 Å². The summed E-state index contributed by atoms with van der Waals surface area (Å²) in [6, 6.07) is 0. The zero-order valence-corrected chi connectivity index (χ0v) is 20.7. The zero-order chi connectivity index (χ0) is 21.6. The first-order valence-corrected chi connectivity index (χ1v) is 15.2. The Labute approximate surface area is 183 Å². The molecule has 168 valence electrons. The van der Waals surface area contributed by atoms with Crippen LogP contribution in [0.4, 0.5) is 0 Å². The van der Waals surface area contributed by atoms with E-state index in [-0.39, 0.29) is 5.41 Å². The van der Waals surface area contributed by atoms with Gasteiger partial charge in [-0.05, 0) is 100 Å². The van der Waals surface area contributed by atoms with Crippen molar-refractivity contribution in [2.45, 2.75) is 84.0 Å². The molecule has 5 nitrogen and oxygen atoms in total. The molecule has 0 aromatic carbocycles. The van der Waals surface area contributed by atoms with Crippen LogP contribution in [0.1, 0.15) is 58.3 Å². The third kappa shape index (κ3) is 3.68. The van der Waals surface area contributed by atoms with Crippen molar-refractivity contribution in [1.29, 1.82) is 0 Å². The van der Waals surface area contributed by atoms with Gasteiger partial charge in [-0.1, -0.05) is 22.8 Å². The monoisotopic (exact) mass is 432 g/mol. The van der Waals surface area contributed by atoms with E-state index in [2.05, 4.69) is 49.2 Å². The van der Waals surface area contributed by atoms with E-state index in [1.807, 2.05) is 0 Å². The molecule has 4 rings (SSSR count). The molecule has 6 atom stereocenters. The quantitative estimate of drug-likeness (QED) is 0.314. The number of hydrogen-bond donors (Lipinski definition) is 0. The molecule has 0 N–H and O–H groups in total. The van der Waals surface area contributed by atoms with E-state index in [9.17, 15) is 0 Å². The average Bonchev–Trinajstić information content (AvgIpc) is 3.01. The minimum atomic E-state index is -1.54. The lowest BCUT2D eigenvalue weighted by Gasteiger charge is -2.58. The zero-order valence-electron chi connectivity index (χ0n) is 19.7. The van der Waals surface area contributed by atoms with E-state index in [1.165, 1.54) is 37.7 Å². The number of rotatable bonds is 5. The van der Waals surface area contributed by atoms with Gasteiger partial charge in [0, 0.05) is 5.41 Å². The normalized spacial score (nSPS) is 42.5. The van der Waals surface area contributed by atoms with Gasteiger partial charge in [0.1, 0.15) is 14.2 Å². The van der Waals surface area contributed by atoms with Crippen LogP contribution in [0.5, 0.6) is 0 Å². The van der Waals surface area contributed by atoms with Gasteiger partial charge in [-0.3, -0.25) is 0 Å². The van der Waals surface area contributed by atoms with Crippen LogP contribution in [-0.2, 0) is 14.1 Å². The molecule has 6 heteroatoms. The van der Waals surface area contributed by atoms with Gasteiger partial charge in [-0.15, -0.1) is 0 Å². The number of allylic oxidation sites excluding steroid dienone is 2. The van der Waals surface area contributed by atoms with Gasteiger partial charge >= 0.3 is 0 Å². The summed E-state index contributed by atoms with van der Waals surface area (Å²) >= 11 is 0. The predicted octanol–water partition coefficient (Wildman–Crippen LogP) is 5.78. The maximum Gasteiger partial charge on any atom is 0.184 e. The Morgan fingerprint density at radius 1 is 1.00 bits per heavy atom. The molecule has 4 aliphatic carbocycles. The molecule has 0 saturated heterocycles. The molecule has 0 bridgehead atoms. The van der Waals surface area contributed by atoms with E-state index >= 15 is 0 Å². The van der Waals surface area contributed by atoms with Gasteiger partial charge in [0.15, 0.2) is 8.32 Å². The van der Waals surface area contributed by atoms with E-state index in [0.717, 1.165) is 36.8 Å². The summed E-state index contributed by atoms with van der Waals surface area (Å²) in [7, 11) is 1.76. The minimum absolute atomic E-state index is 0.0186. The Hall–Kier alpha value is -1.14. The van der Waals surface area contributed by atoms with Crippen LogP contribution in [0.15, 0.2) is 22.0 Å². The Morgan fingerprint density at radius 3 is 2.50 bits per heavy atom. The third-order valence-corrected chi connectivity index (χ3v) is 9.58. The lowest BCUT2D eigenvalue weighted by atomic mass is 9.47. The van der Waals surface area contributed by atoms with Gasteiger partial charge in [0.2, 0.25) is 0 Å². The summed E-state index contributed by atoms with van der Waals surface area (Å²) in [5, 5.41) is 8.59. The third-order valence-electron chi connectivity index (χ3n) is 8.59. The van der Waals surface area contributed by atoms with Crippen molar-refractivity contribution in [3.8, 4) is 0 Å². The van der Waals surface area contributed by atoms with Crippen molar-refractivity contribution in [2.24, 2.45) is 38.9 Å². The van der Waals surface area contributed by atoms with Crippen molar-refractivity contribution < 1.29 is 14.1 Å². The average molecular weight is 433 g/mol. The number of hydrogen-bond acceptors (Lipinski definition) is 5. The van der Waals surface area contributed by atoms with Crippen molar-refractivity contribution in [3.63, 3.8) is 0 Å². The van der Waals surface area contributed by atoms with Gasteiger partial charge in [-0.2, -0.15) is 0 Å². The Kier molecular flexibility index (Phi) is 5.95. The lowest BCUT2D eigenvalue weighted by molar-refractivity contribution is -0.0562. The highest BCUT2D eigenvalue weighted by Crippen LogP contribution is 2.65. The van der Waals surface area contributed by atoms with E-state index in [1.54, 1.807) is 14.2 Å².